The molecule has 1 saturated heterocycles. The van der Waals surface area contributed by atoms with Gasteiger partial charge in [-0.05, 0) is 18.2 Å². The topological polar surface area (TPSA) is 73.5 Å². The van der Waals surface area contributed by atoms with Gasteiger partial charge in [0.15, 0.2) is 0 Å². The molecule has 0 bridgehead atoms. The third-order valence-corrected chi connectivity index (χ3v) is 6.94. The van der Waals surface area contributed by atoms with E-state index >= 15 is 0 Å². The first-order valence-electron chi connectivity index (χ1n) is 8.01. The molecule has 0 spiro atoms. The van der Waals surface area contributed by atoms with Crippen LogP contribution in [-0.4, -0.2) is 54.7 Å². The van der Waals surface area contributed by atoms with E-state index in [1.807, 2.05) is 0 Å². The molecule has 1 N–H and O–H groups in total. The van der Waals surface area contributed by atoms with Gasteiger partial charge >= 0.3 is 6.18 Å². The molecule has 1 aliphatic heterocycles. The second-order valence-electron chi connectivity index (χ2n) is 6.04. The highest BCUT2D eigenvalue weighted by atomic mass is 35.5. The Morgan fingerprint density at radius 1 is 1.07 bits per heavy atom. The second-order valence-corrected chi connectivity index (χ2v) is 8.73. The number of carbonyl (C=O) groups is 1. The van der Waals surface area contributed by atoms with Crippen molar-refractivity contribution in [2.75, 3.05) is 26.2 Å². The molecule has 0 aliphatic carbocycles. The maximum absolute atomic E-state index is 13.2. The molecule has 0 radical (unpaired) electrons. The van der Waals surface area contributed by atoms with Crippen LogP contribution in [0.5, 0.6) is 0 Å². The van der Waals surface area contributed by atoms with E-state index in [4.69, 9.17) is 23.2 Å². The number of alkyl halides is 3. The van der Waals surface area contributed by atoms with Crippen LogP contribution >= 0.6 is 23.2 Å². The van der Waals surface area contributed by atoms with Crippen LogP contribution in [0.1, 0.15) is 16.1 Å². The smallest absolute Gasteiger partial charge is 0.340 e. The van der Waals surface area contributed by atoms with Gasteiger partial charge in [-0.2, -0.15) is 17.5 Å². The number of rotatable bonds is 3. The van der Waals surface area contributed by atoms with Gasteiger partial charge in [-0.3, -0.25) is 4.79 Å². The molecule has 12 heteroatoms. The summed E-state index contributed by atoms with van der Waals surface area (Å²) in [7, 11) is -4.37. The zero-order chi connectivity index (χ0) is 20.7. The molecule has 6 nitrogen and oxygen atoms in total. The summed E-state index contributed by atoms with van der Waals surface area (Å²) in [6.45, 7) is -0.244. The zero-order valence-electron chi connectivity index (χ0n) is 14.1. The largest absolute Gasteiger partial charge is 0.417 e. The van der Waals surface area contributed by atoms with Gasteiger partial charge in [0.1, 0.15) is 10.8 Å². The summed E-state index contributed by atoms with van der Waals surface area (Å²) in [4.78, 5) is 15.6. The molecule has 1 aromatic heterocycles. The number of benzene rings is 1. The van der Waals surface area contributed by atoms with Crippen LogP contribution in [-0.2, 0) is 16.2 Å². The maximum atomic E-state index is 13.2. The lowest BCUT2D eigenvalue weighted by Gasteiger charge is -2.34. The fourth-order valence-corrected chi connectivity index (χ4v) is 4.83. The second kappa shape index (κ2) is 7.58. The molecule has 2 heterocycles. The fraction of sp³-hybridized carbons (Fsp3) is 0.312. The highest BCUT2D eigenvalue weighted by Gasteiger charge is 2.39. The molecule has 3 rings (SSSR count). The van der Waals surface area contributed by atoms with E-state index in [-0.39, 0.29) is 42.0 Å². The van der Waals surface area contributed by atoms with Crippen molar-refractivity contribution in [2.24, 2.45) is 0 Å². The molecule has 1 fully saturated rings. The Bertz CT molecular complexity index is 981. The predicted molar refractivity (Wildman–Crippen MR) is 96.9 cm³/mol. The summed E-state index contributed by atoms with van der Waals surface area (Å²) in [5.74, 6) is -0.429. The van der Waals surface area contributed by atoms with Gasteiger partial charge in [-0.15, -0.1) is 0 Å². The predicted octanol–water partition coefficient (Wildman–Crippen LogP) is 3.49. The van der Waals surface area contributed by atoms with E-state index < -0.39 is 32.6 Å². The SMILES string of the molecule is O=C(c1cc(Cl)c(Cl)[nH]1)N1CCN(S(=O)(=O)c2ccccc2C(F)(F)F)CC1. The minimum absolute atomic E-state index is 0.0144. The van der Waals surface area contributed by atoms with Gasteiger partial charge in [0.25, 0.3) is 5.91 Å². The third-order valence-electron chi connectivity index (χ3n) is 4.29. The average molecular weight is 456 g/mol. The van der Waals surface area contributed by atoms with Gasteiger partial charge in [-0.25, -0.2) is 8.42 Å². The van der Waals surface area contributed by atoms with Crippen LogP contribution in [0.2, 0.25) is 10.2 Å². The normalized spacial score (nSPS) is 16.4. The quantitative estimate of drug-likeness (QED) is 0.769. The lowest BCUT2D eigenvalue weighted by Crippen LogP contribution is -2.50. The summed E-state index contributed by atoms with van der Waals surface area (Å²) < 4.78 is 65.9. The minimum Gasteiger partial charge on any atom is -0.340 e. The molecule has 0 atom stereocenters. The average Bonchev–Trinajstić information content (AvgIpc) is 2.99. The Kier molecular flexibility index (Phi) is 5.68. The number of sulfonamides is 1. The number of piperazine rings is 1. The Hall–Kier alpha value is -1.75. The van der Waals surface area contributed by atoms with E-state index in [9.17, 15) is 26.4 Å². The Balaban J connectivity index is 1.77. The summed E-state index contributed by atoms with van der Waals surface area (Å²) >= 11 is 11.6. The number of H-pyrrole nitrogens is 1. The molecule has 2 aromatic rings. The van der Waals surface area contributed by atoms with Gasteiger partial charge in [0.2, 0.25) is 10.0 Å². The van der Waals surface area contributed by atoms with Crippen molar-refractivity contribution in [3.05, 3.63) is 51.8 Å². The van der Waals surface area contributed by atoms with Crippen LogP contribution in [0.3, 0.4) is 0 Å². The number of aromatic nitrogens is 1. The molecule has 1 amide bonds. The lowest BCUT2D eigenvalue weighted by molar-refractivity contribution is -0.139. The summed E-state index contributed by atoms with van der Waals surface area (Å²) in [5.41, 5.74) is -1.07. The van der Waals surface area contributed by atoms with Gasteiger partial charge in [0.05, 0.1) is 15.5 Å². The summed E-state index contributed by atoms with van der Waals surface area (Å²) in [5, 5.41) is 0.282. The van der Waals surface area contributed by atoms with Gasteiger partial charge in [-0.1, -0.05) is 35.3 Å². The maximum Gasteiger partial charge on any atom is 0.417 e. The molecule has 152 valence electrons. The number of hydrogen-bond acceptors (Lipinski definition) is 3. The van der Waals surface area contributed by atoms with E-state index in [2.05, 4.69) is 4.98 Å². The van der Waals surface area contributed by atoms with E-state index in [0.29, 0.717) is 0 Å². The van der Waals surface area contributed by atoms with Crippen LogP contribution < -0.4 is 0 Å². The number of nitrogens with one attached hydrogen (secondary N) is 1. The number of aromatic amines is 1. The van der Waals surface area contributed by atoms with Crippen molar-refractivity contribution in [1.82, 2.24) is 14.2 Å². The highest BCUT2D eigenvalue weighted by molar-refractivity contribution is 7.89. The van der Waals surface area contributed by atoms with Crippen LogP contribution in [0.4, 0.5) is 13.2 Å². The van der Waals surface area contributed by atoms with Gasteiger partial charge < -0.3 is 9.88 Å². The number of halogens is 5. The highest BCUT2D eigenvalue weighted by Crippen LogP contribution is 2.35. The summed E-state index contributed by atoms with van der Waals surface area (Å²) in [6.07, 6.45) is -4.80. The number of hydrogen-bond donors (Lipinski definition) is 1. The number of nitrogens with zero attached hydrogens (tertiary/aromatic N) is 2. The zero-order valence-corrected chi connectivity index (χ0v) is 16.5. The van der Waals surface area contributed by atoms with Crippen LogP contribution in [0.15, 0.2) is 35.2 Å². The molecule has 1 aliphatic rings. The first kappa shape index (κ1) is 21.0. The first-order valence-corrected chi connectivity index (χ1v) is 10.2. The Morgan fingerprint density at radius 2 is 1.68 bits per heavy atom. The van der Waals surface area contributed by atoms with E-state index in [1.165, 1.54) is 17.0 Å². The molecular weight excluding hydrogens is 442 g/mol. The van der Waals surface area contributed by atoms with Crippen molar-refractivity contribution < 1.29 is 26.4 Å². The van der Waals surface area contributed by atoms with E-state index in [0.717, 1.165) is 22.5 Å². The Morgan fingerprint density at radius 3 is 2.21 bits per heavy atom. The van der Waals surface area contributed by atoms with Crippen molar-refractivity contribution in [2.45, 2.75) is 11.1 Å². The van der Waals surface area contributed by atoms with Crippen molar-refractivity contribution in [3.63, 3.8) is 0 Å². The summed E-state index contributed by atoms with van der Waals surface area (Å²) in [6, 6.07) is 5.38. The molecule has 1 aromatic carbocycles. The van der Waals surface area contributed by atoms with Crippen molar-refractivity contribution in [1.29, 1.82) is 0 Å². The minimum atomic E-state index is -4.80. The Labute approximate surface area is 168 Å². The van der Waals surface area contributed by atoms with Crippen molar-refractivity contribution in [3.8, 4) is 0 Å². The number of carbonyl (C=O) groups excluding carboxylic acids is 1. The molecular formula is C16H14Cl2F3N3O3S. The van der Waals surface area contributed by atoms with E-state index in [1.54, 1.807) is 0 Å². The van der Waals surface area contributed by atoms with Gasteiger partial charge in [0, 0.05) is 26.2 Å². The molecule has 0 saturated carbocycles. The van der Waals surface area contributed by atoms with Crippen LogP contribution in [0, 0.1) is 0 Å². The fourth-order valence-electron chi connectivity index (χ4n) is 2.89. The molecule has 0 unspecified atom stereocenters. The standard InChI is InChI=1S/C16H14Cl2F3N3O3S/c17-11-9-12(22-14(11)18)15(25)23-5-7-24(8-6-23)28(26,27)13-4-2-1-3-10(13)16(19,20)21/h1-4,9,22H,5-8H2. The third kappa shape index (κ3) is 4.00. The lowest BCUT2D eigenvalue weighted by atomic mass is 10.2. The van der Waals surface area contributed by atoms with Crippen LogP contribution in [0.25, 0.3) is 0 Å². The first-order chi connectivity index (χ1) is 13.0. The number of amides is 1. The monoisotopic (exact) mass is 455 g/mol. The van der Waals surface area contributed by atoms with Crippen molar-refractivity contribution >= 4 is 39.1 Å². The molecule has 28 heavy (non-hydrogen) atoms.